The summed E-state index contributed by atoms with van der Waals surface area (Å²) >= 11 is 0. The summed E-state index contributed by atoms with van der Waals surface area (Å²) in [6.45, 7) is 15.3. The summed E-state index contributed by atoms with van der Waals surface area (Å²) in [5, 5.41) is 21.6. The summed E-state index contributed by atoms with van der Waals surface area (Å²) in [4.78, 5) is 15.2. The first kappa shape index (κ1) is 37.7. The van der Waals surface area contributed by atoms with Gasteiger partial charge >= 0.3 is 0 Å². The van der Waals surface area contributed by atoms with Crippen molar-refractivity contribution in [2.75, 3.05) is 13.2 Å². The van der Waals surface area contributed by atoms with Gasteiger partial charge < -0.3 is 28.7 Å². The van der Waals surface area contributed by atoms with Gasteiger partial charge in [-0.05, 0) is 83.3 Å². The fourth-order valence-electron chi connectivity index (χ4n) is 8.24. The highest BCUT2D eigenvalue weighted by Crippen LogP contribution is 2.55. The number of fused-ring (bicyclic) bond motifs is 4. The highest BCUT2D eigenvalue weighted by atomic mass is 31.2. The Morgan fingerprint density at radius 3 is 2.30 bits per heavy atom. The number of nitrogens with zero attached hydrogens (tertiary/aromatic N) is 3. The minimum atomic E-state index is -1.54. The van der Waals surface area contributed by atoms with Crippen molar-refractivity contribution in [3.8, 4) is 17.9 Å². The second-order valence-corrected chi connectivity index (χ2v) is 15.9. The Labute approximate surface area is 318 Å². The number of nitrogens with one attached hydrogen (secondary N) is 1. The molecule has 5 aromatic rings. The zero-order valence-electron chi connectivity index (χ0n) is 30.7. The van der Waals surface area contributed by atoms with Crippen LogP contribution in [0.1, 0.15) is 60.5 Å². The SMILES string of the molecule is C.C=C1NC(=O)C(C#Cc2ccc3c4cccc5cccc(c6cccc2c63)c54)=CN1[C@@H]1O[C@]2(CC)COC1[C@@H]2OP(OCCC#N)N(C(C)C)C(C)C. The first-order valence-corrected chi connectivity index (χ1v) is 19.4. The molecule has 0 saturated carbocycles. The molecule has 278 valence electrons. The van der Waals surface area contributed by atoms with Gasteiger partial charge in [0.25, 0.3) is 14.4 Å². The number of rotatable bonds is 10. The van der Waals surface area contributed by atoms with Crippen molar-refractivity contribution >= 4 is 57.5 Å². The van der Waals surface area contributed by atoms with E-state index < -0.39 is 32.6 Å². The maximum atomic E-state index is 13.4. The van der Waals surface area contributed by atoms with Crippen molar-refractivity contribution < 1.29 is 23.3 Å². The van der Waals surface area contributed by atoms with E-state index in [2.05, 4.69) is 130 Å². The number of hydrogen-bond acceptors (Lipinski definition) is 8. The molecule has 1 N–H and O–H groups in total. The van der Waals surface area contributed by atoms with E-state index in [-0.39, 0.29) is 44.0 Å². The maximum Gasteiger partial charge on any atom is 0.266 e. The predicted octanol–water partition coefficient (Wildman–Crippen LogP) is 9.08. The quantitative estimate of drug-likeness (QED) is 0.0498. The molecule has 3 heterocycles. The molecule has 10 heteroatoms. The fraction of sp³-hybridized carbons (Fsp3) is 0.364. The van der Waals surface area contributed by atoms with Crippen LogP contribution in [0.25, 0.3) is 43.1 Å². The monoisotopic (exact) mass is 742 g/mol. The summed E-state index contributed by atoms with van der Waals surface area (Å²) in [6, 6.07) is 25.9. The number of ether oxygens (including phenoxy) is 2. The lowest BCUT2D eigenvalue weighted by molar-refractivity contribution is -0.182. The normalized spacial score (nSPS) is 23.0. The van der Waals surface area contributed by atoms with Gasteiger partial charge in [0.1, 0.15) is 29.2 Å². The Morgan fingerprint density at radius 1 is 0.981 bits per heavy atom. The molecule has 0 radical (unpaired) electrons. The average molecular weight is 743 g/mol. The van der Waals surface area contributed by atoms with Gasteiger partial charge in [0.2, 0.25) is 0 Å². The van der Waals surface area contributed by atoms with Gasteiger partial charge in [-0.3, -0.25) is 4.79 Å². The lowest BCUT2D eigenvalue weighted by Gasteiger charge is -2.38. The molecule has 5 atom stereocenters. The Balaban J connectivity index is 0.00000450. The van der Waals surface area contributed by atoms with Crippen molar-refractivity contribution in [2.45, 2.75) is 91.0 Å². The highest BCUT2D eigenvalue weighted by molar-refractivity contribution is 7.44. The van der Waals surface area contributed by atoms with Gasteiger partial charge in [-0.25, -0.2) is 4.67 Å². The third-order valence-electron chi connectivity index (χ3n) is 10.7. The summed E-state index contributed by atoms with van der Waals surface area (Å²) in [6.07, 6.45) is 1.06. The van der Waals surface area contributed by atoms with Crippen LogP contribution in [-0.4, -0.2) is 64.8 Å². The van der Waals surface area contributed by atoms with E-state index in [1.54, 1.807) is 11.1 Å². The number of carbonyl (C=O) groups is 1. The van der Waals surface area contributed by atoms with Gasteiger partial charge in [-0.2, -0.15) is 5.26 Å². The smallest absolute Gasteiger partial charge is 0.266 e. The lowest BCUT2D eigenvalue weighted by Crippen LogP contribution is -2.49. The maximum absolute atomic E-state index is 13.4. The van der Waals surface area contributed by atoms with Crippen LogP contribution in [0.3, 0.4) is 0 Å². The Hall–Kier alpha value is -4.57. The zero-order valence-corrected chi connectivity index (χ0v) is 31.6. The second-order valence-electron chi connectivity index (χ2n) is 14.5. The van der Waals surface area contributed by atoms with Gasteiger partial charge in [0.05, 0.1) is 25.7 Å². The number of benzene rings is 5. The average Bonchev–Trinajstić information content (AvgIpc) is 3.65. The van der Waals surface area contributed by atoms with Crippen LogP contribution >= 0.6 is 8.53 Å². The van der Waals surface area contributed by atoms with Crippen LogP contribution in [0, 0.1) is 23.2 Å². The van der Waals surface area contributed by atoms with E-state index in [9.17, 15) is 10.1 Å². The van der Waals surface area contributed by atoms with Crippen LogP contribution in [-0.2, 0) is 23.3 Å². The number of hydrogen-bond donors (Lipinski definition) is 1. The minimum Gasteiger partial charge on any atom is -0.368 e. The molecule has 2 bridgehead atoms. The standard InChI is InChI=1S/C43H43N4O5P.CH4/c1-7-43-25-49-39(40(43)52-53(50-23-11-22-44)47(26(2)3)27(4)5)42(51-43)46-24-31(41(48)45-28(46)6)19-18-29-20-21-36-34-16-9-13-30-12-8-15-33(37(30)34)35-17-10-14-32(29)38(35)36;/h8-10,12-17,20-21,24,26-27,39-40,42H,6-7,11,23,25H2,1-5H3,(H,45,48);1H4/t39?,40-,42+,43+,53?;/m0./s1. The number of amides is 1. The molecule has 0 spiro atoms. The molecular weight excluding hydrogens is 695 g/mol. The van der Waals surface area contributed by atoms with E-state index in [1.165, 1.54) is 32.3 Å². The van der Waals surface area contributed by atoms with Crippen LogP contribution in [0.4, 0.5) is 0 Å². The lowest BCUT2D eigenvalue weighted by atomic mass is 9.88. The van der Waals surface area contributed by atoms with Crippen molar-refractivity contribution in [3.63, 3.8) is 0 Å². The summed E-state index contributed by atoms with van der Waals surface area (Å²) in [5.41, 5.74) is 0.390. The van der Waals surface area contributed by atoms with Crippen molar-refractivity contribution in [3.05, 3.63) is 96.5 Å². The highest BCUT2D eigenvalue weighted by Gasteiger charge is 2.64. The van der Waals surface area contributed by atoms with Crippen molar-refractivity contribution in [1.29, 1.82) is 5.26 Å². The number of nitriles is 1. The molecule has 3 aliphatic heterocycles. The first-order chi connectivity index (χ1) is 25.7. The molecule has 0 aliphatic carbocycles. The van der Waals surface area contributed by atoms with Crippen molar-refractivity contribution in [2.24, 2.45) is 0 Å². The predicted molar refractivity (Wildman–Crippen MR) is 216 cm³/mol. The molecule has 2 saturated heterocycles. The third-order valence-corrected chi connectivity index (χ3v) is 12.8. The third kappa shape index (κ3) is 6.20. The molecule has 2 fully saturated rings. The summed E-state index contributed by atoms with van der Waals surface area (Å²) in [7, 11) is -1.54. The molecular formula is C44H47N4O5P. The van der Waals surface area contributed by atoms with E-state index in [1.807, 2.05) is 6.07 Å². The molecule has 5 aromatic carbocycles. The van der Waals surface area contributed by atoms with Crippen LogP contribution in [0.5, 0.6) is 0 Å². The fourth-order valence-corrected chi connectivity index (χ4v) is 10.1. The van der Waals surface area contributed by atoms with Gasteiger partial charge in [-0.15, -0.1) is 0 Å². The molecule has 1 amide bonds. The van der Waals surface area contributed by atoms with E-state index in [0.29, 0.717) is 18.8 Å². The van der Waals surface area contributed by atoms with Gasteiger partial charge in [0.15, 0.2) is 6.23 Å². The Bertz CT molecular complexity index is 2330. The van der Waals surface area contributed by atoms with Crippen molar-refractivity contribution in [1.82, 2.24) is 14.9 Å². The molecule has 54 heavy (non-hydrogen) atoms. The number of carbonyl (C=O) groups excluding carboxylic acids is 1. The van der Waals surface area contributed by atoms with Gasteiger partial charge in [-0.1, -0.05) is 93.4 Å². The summed E-state index contributed by atoms with van der Waals surface area (Å²) < 4.78 is 28.5. The van der Waals surface area contributed by atoms with Crippen LogP contribution in [0.2, 0.25) is 0 Å². The first-order valence-electron chi connectivity index (χ1n) is 18.3. The summed E-state index contributed by atoms with van der Waals surface area (Å²) in [5.74, 6) is 6.57. The van der Waals surface area contributed by atoms with Crippen LogP contribution < -0.4 is 5.32 Å². The second kappa shape index (κ2) is 14.9. The molecule has 0 aromatic heterocycles. The topological polar surface area (TPSA) is 96.3 Å². The van der Waals surface area contributed by atoms with E-state index in [4.69, 9.17) is 18.5 Å². The van der Waals surface area contributed by atoms with E-state index >= 15 is 0 Å². The minimum absolute atomic E-state index is 0. The molecule has 2 unspecified atom stereocenters. The molecule has 3 aliphatic rings. The zero-order chi connectivity index (χ0) is 37.0. The largest absolute Gasteiger partial charge is 0.368 e. The van der Waals surface area contributed by atoms with Gasteiger partial charge in [0, 0.05) is 23.8 Å². The molecule has 9 nitrogen and oxygen atoms in total. The van der Waals surface area contributed by atoms with E-state index in [0.717, 1.165) is 16.3 Å². The Kier molecular flexibility index (Phi) is 10.4. The Morgan fingerprint density at radius 2 is 1.63 bits per heavy atom. The van der Waals surface area contributed by atoms with Crippen LogP contribution in [0.15, 0.2) is 90.9 Å². The molecule has 8 rings (SSSR count).